The maximum absolute atomic E-state index is 13.5. The molecule has 1 aliphatic heterocycles. The van der Waals surface area contributed by atoms with Crippen molar-refractivity contribution >= 4 is 28.4 Å². The normalized spacial score (nSPS) is 18.3. The lowest BCUT2D eigenvalue weighted by Gasteiger charge is -2.17. The van der Waals surface area contributed by atoms with E-state index in [4.69, 9.17) is 4.74 Å². The Morgan fingerprint density at radius 2 is 2.05 bits per heavy atom. The molecule has 0 N–H and O–H groups in total. The Bertz CT molecular complexity index is 593. The Morgan fingerprint density at radius 3 is 2.80 bits per heavy atom. The summed E-state index contributed by atoms with van der Waals surface area (Å²) in [5.41, 5.74) is 0. The van der Waals surface area contributed by atoms with Crippen molar-refractivity contribution in [3.63, 3.8) is 0 Å². The second-order valence-corrected chi connectivity index (χ2v) is 5.72. The highest BCUT2D eigenvalue weighted by molar-refractivity contribution is 14.1. The van der Waals surface area contributed by atoms with Crippen LogP contribution in [0.4, 0.5) is 10.2 Å². The van der Waals surface area contributed by atoms with E-state index in [0.717, 1.165) is 22.5 Å². The summed E-state index contributed by atoms with van der Waals surface area (Å²) in [7, 11) is 0. The van der Waals surface area contributed by atoms with Crippen molar-refractivity contribution in [2.75, 3.05) is 18.0 Å². The fourth-order valence-corrected chi connectivity index (χ4v) is 2.52. The number of ether oxygens (including phenoxy) is 1. The molecular formula is C14H13FIN3O. The molecule has 104 valence electrons. The summed E-state index contributed by atoms with van der Waals surface area (Å²) in [4.78, 5) is 2.11. The predicted molar refractivity (Wildman–Crippen MR) is 82.4 cm³/mol. The van der Waals surface area contributed by atoms with Gasteiger partial charge in [0.2, 0.25) is 0 Å². The van der Waals surface area contributed by atoms with Gasteiger partial charge < -0.3 is 9.64 Å². The minimum Gasteiger partial charge on any atom is -0.485 e. The third-order valence-corrected chi connectivity index (χ3v) is 3.79. The maximum Gasteiger partial charge on any atom is 0.165 e. The quantitative estimate of drug-likeness (QED) is 0.762. The number of aromatic nitrogens is 2. The smallest absolute Gasteiger partial charge is 0.165 e. The Balaban J connectivity index is 1.65. The number of nitrogens with zero attached hydrogens (tertiary/aromatic N) is 3. The van der Waals surface area contributed by atoms with Crippen molar-refractivity contribution in [1.29, 1.82) is 0 Å². The van der Waals surface area contributed by atoms with Crippen LogP contribution >= 0.6 is 22.6 Å². The molecule has 20 heavy (non-hydrogen) atoms. The molecule has 0 bridgehead atoms. The van der Waals surface area contributed by atoms with Crippen LogP contribution < -0.4 is 9.64 Å². The SMILES string of the molecule is Fc1ccccc1O[C@@H]1CCN(c2ccc(I)nn2)C1. The first-order chi connectivity index (χ1) is 9.72. The molecule has 2 heterocycles. The molecule has 2 aromatic rings. The molecule has 1 aliphatic rings. The van der Waals surface area contributed by atoms with Gasteiger partial charge in [-0.3, -0.25) is 0 Å². The van der Waals surface area contributed by atoms with Crippen LogP contribution in [0, 0.1) is 9.52 Å². The minimum atomic E-state index is -0.319. The van der Waals surface area contributed by atoms with Gasteiger partial charge in [0.05, 0.1) is 6.54 Å². The van der Waals surface area contributed by atoms with E-state index in [1.807, 2.05) is 12.1 Å². The van der Waals surface area contributed by atoms with Crippen molar-refractivity contribution in [1.82, 2.24) is 10.2 Å². The number of benzene rings is 1. The van der Waals surface area contributed by atoms with Crippen LogP contribution in [0.2, 0.25) is 0 Å². The summed E-state index contributed by atoms with van der Waals surface area (Å²) in [6.45, 7) is 1.54. The first-order valence-corrected chi connectivity index (χ1v) is 7.45. The summed E-state index contributed by atoms with van der Waals surface area (Å²) in [6.07, 6.45) is 0.829. The molecule has 0 amide bonds. The third-order valence-electron chi connectivity index (χ3n) is 3.22. The van der Waals surface area contributed by atoms with Crippen molar-refractivity contribution in [3.05, 3.63) is 45.9 Å². The van der Waals surface area contributed by atoms with Gasteiger partial charge in [-0.15, -0.1) is 10.2 Å². The first kappa shape index (κ1) is 13.5. The second kappa shape index (κ2) is 5.90. The largest absolute Gasteiger partial charge is 0.485 e. The van der Waals surface area contributed by atoms with Crippen molar-refractivity contribution < 1.29 is 9.13 Å². The lowest BCUT2D eigenvalue weighted by Crippen LogP contribution is -2.25. The lowest BCUT2D eigenvalue weighted by molar-refractivity contribution is 0.215. The van der Waals surface area contributed by atoms with Crippen LogP contribution in [-0.2, 0) is 0 Å². The van der Waals surface area contributed by atoms with Crippen LogP contribution in [0.5, 0.6) is 5.75 Å². The molecule has 0 spiro atoms. The Labute approximate surface area is 130 Å². The summed E-state index contributed by atoms with van der Waals surface area (Å²) >= 11 is 2.12. The average molecular weight is 385 g/mol. The predicted octanol–water partition coefficient (Wildman–Crippen LogP) is 2.88. The van der Waals surface area contributed by atoms with Crippen molar-refractivity contribution in [3.8, 4) is 5.75 Å². The number of rotatable bonds is 3. The van der Waals surface area contributed by atoms with E-state index >= 15 is 0 Å². The molecule has 1 fully saturated rings. The Kier molecular flexibility index (Phi) is 4.00. The summed E-state index contributed by atoms with van der Waals surface area (Å²) in [5, 5.41) is 8.20. The van der Waals surface area contributed by atoms with Gasteiger partial charge >= 0.3 is 0 Å². The standard InChI is InChI=1S/C14H13FIN3O/c15-11-3-1-2-4-12(11)20-10-7-8-19(9-10)14-6-5-13(16)17-18-14/h1-6,10H,7-9H2/t10-/m1/s1. The number of hydrogen-bond acceptors (Lipinski definition) is 4. The monoisotopic (exact) mass is 385 g/mol. The van der Waals surface area contributed by atoms with Gasteiger partial charge in [-0.05, 0) is 46.9 Å². The third kappa shape index (κ3) is 3.00. The van der Waals surface area contributed by atoms with Gasteiger partial charge in [0.1, 0.15) is 9.80 Å². The van der Waals surface area contributed by atoms with Crippen LogP contribution in [0.25, 0.3) is 0 Å². The number of halogens is 2. The van der Waals surface area contributed by atoms with E-state index in [0.29, 0.717) is 12.3 Å². The molecule has 1 saturated heterocycles. The number of hydrogen-bond donors (Lipinski definition) is 0. The molecule has 3 rings (SSSR count). The number of anilines is 1. The number of para-hydroxylation sites is 1. The van der Waals surface area contributed by atoms with E-state index in [9.17, 15) is 4.39 Å². The van der Waals surface area contributed by atoms with Crippen LogP contribution in [0.1, 0.15) is 6.42 Å². The Morgan fingerprint density at radius 1 is 1.20 bits per heavy atom. The van der Waals surface area contributed by atoms with E-state index in [-0.39, 0.29) is 11.9 Å². The zero-order valence-corrected chi connectivity index (χ0v) is 12.8. The Hall–Kier alpha value is -1.44. The first-order valence-electron chi connectivity index (χ1n) is 6.38. The lowest BCUT2D eigenvalue weighted by atomic mass is 10.3. The van der Waals surface area contributed by atoms with Gasteiger partial charge in [0.15, 0.2) is 17.4 Å². The average Bonchev–Trinajstić information content (AvgIpc) is 2.91. The maximum atomic E-state index is 13.5. The van der Waals surface area contributed by atoms with Crippen LogP contribution in [0.15, 0.2) is 36.4 Å². The van der Waals surface area contributed by atoms with Crippen LogP contribution in [-0.4, -0.2) is 29.4 Å². The van der Waals surface area contributed by atoms with Crippen LogP contribution in [0.3, 0.4) is 0 Å². The molecule has 0 aliphatic carbocycles. The molecule has 0 unspecified atom stereocenters. The van der Waals surface area contributed by atoms with Gasteiger partial charge in [0.25, 0.3) is 0 Å². The van der Waals surface area contributed by atoms with Gasteiger partial charge in [-0.1, -0.05) is 12.1 Å². The highest BCUT2D eigenvalue weighted by atomic mass is 127. The van der Waals surface area contributed by atoms with E-state index in [1.54, 1.807) is 18.2 Å². The highest BCUT2D eigenvalue weighted by Gasteiger charge is 2.25. The molecule has 1 aromatic heterocycles. The summed E-state index contributed by atoms with van der Waals surface area (Å²) in [6, 6.07) is 10.4. The molecule has 6 heteroatoms. The molecule has 1 atom stereocenters. The van der Waals surface area contributed by atoms with Crippen molar-refractivity contribution in [2.24, 2.45) is 0 Å². The zero-order chi connectivity index (χ0) is 13.9. The van der Waals surface area contributed by atoms with Gasteiger partial charge in [-0.25, -0.2) is 4.39 Å². The fraction of sp³-hybridized carbons (Fsp3) is 0.286. The molecule has 4 nitrogen and oxygen atoms in total. The van der Waals surface area contributed by atoms with E-state index in [1.165, 1.54) is 6.07 Å². The highest BCUT2D eigenvalue weighted by Crippen LogP contribution is 2.23. The minimum absolute atomic E-state index is 0.0204. The summed E-state index contributed by atoms with van der Waals surface area (Å²) < 4.78 is 20.1. The zero-order valence-electron chi connectivity index (χ0n) is 10.7. The topological polar surface area (TPSA) is 38.2 Å². The van der Waals surface area contributed by atoms with E-state index < -0.39 is 0 Å². The molecule has 0 radical (unpaired) electrons. The van der Waals surface area contributed by atoms with E-state index in [2.05, 4.69) is 37.7 Å². The van der Waals surface area contributed by atoms with Gasteiger partial charge in [0, 0.05) is 13.0 Å². The second-order valence-electron chi connectivity index (χ2n) is 4.62. The van der Waals surface area contributed by atoms with Gasteiger partial charge in [-0.2, -0.15) is 0 Å². The molecule has 0 saturated carbocycles. The van der Waals surface area contributed by atoms with Crippen molar-refractivity contribution in [2.45, 2.75) is 12.5 Å². The molecule has 1 aromatic carbocycles. The summed E-state index contributed by atoms with van der Waals surface area (Å²) in [5.74, 6) is 0.832. The molecular weight excluding hydrogens is 372 g/mol. The fourth-order valence-electron chi connectivity index (χ4n) is 2.23.